The van der Waals surface area contributed by atoms with E-state index in [9.17, 15) is 9.18 Å². The zero-order chi connectivity index (χ0) is 15.7. The lowest BCUT2D eigenvalue weighted by Crippen LogP contribution is -2.28. The fraction of sp³-hybridized carbons (Fsp3) is 0.0625. The number of para-hydroxylation sites is 1. The van der Waals surface area contributed by atoms with E-state index < -0.39 is 5.82 Å². The molecule has 0 radical (unpaired) electrons. The van der Waals surface area contributed by atoms with Crippen LogP contribution >= 0.6 is 24.0 Å². The molecule has 0 N–H and O–H groups in total. The van der Waals surface area contributed by atoms with Crippen LogP contribution in [0.3, 0.4) is 0 Å². The van der Waals surface area contributed by atoms with Gasteiger partial charge < -0.3 is 0 Å². The van der Waals surface area contributed by atoms with Crippen LogP contribution in [0, 0.1) is 12.7 Å². The van der Waals surface area contributed by atoms with Crippen LogP contribution in [0.2, 0.25) is 0 Å². The molecule has 0 bridgehead atoms. The molecule has 0 atom stereocenters. The number of benzene rings is 1. The van der Waals surface area contributed by atoms with E-state index in [1.54, 1.807) is 18.2 Å². The van der Waals surface area contributed by atoms with E-state index in [-0.39, 0.29) is 11.6 Å². The average molecular weight is 330 g/mol. The molecule has 1 aromatic carbocycles. The predicted molar refractivity (Wildman–Crippen MR) is 91.0 cm³/mol. The molecule has 1 amide bonds. The molecule has 2 aromatic rings. The second-order valence-corrected chi connectivity index (χ2v) is 6.35. The van der Waals surface area contributed by atoms with Crippen molar-refractivity contribution in [1.82, 2.24) is 4.98 Å². The molecule has 1 saturated heterocycles. The molecule has 1 aromatic heterocycles. The highest BCUT2D eigenvalue weighted by atomic mass is 32.2. The number of nitrogens with zero attached hydrogens (tertiary/aromatic N) is 2. The fourth-order valence-corrected chi connectivity index (χ4v) is 3.36. The molecule has 22 heavy (non-hydrogen) atoms. The van der Waals surface area contributed by atoms with Crippen molar-refractivity contribution in [2.75, 3.05) is 4.90 Å². The average Bonchev–Trinajstić information content (AvgIpc) is 2.74. The van der Waals surface area contributed by atoms with Crippen LogP contribution in [0.1, 0.15) is 11.4 Å². The predicted octanol–water partition coefficient (Wildman–Crippen LogP) is 3.93. The molecule has 6 heteroatoms. The minimum absolute atomic E-state index is 0.172. The number of hydrogen-bond acceptors (Lipinski definition) is 4. The van der Waals surface area contributed by atoms with E-state index in [0.717, 1.165) is 17.5 Å². The van der Waals surface area contributed by atoms with Crippen LogP contribution in [0.15, 0.2) is 47.4 Å². The third-order valence-corrected chi connectivity index (χ3v) is 4.38. The van der Waals surface area contributed by atoms with Gasteiger partial charge in [-0.2, -0.15) is 0 Å². The molecule has 0 spiro atoms. The Labute approximate surface area is 136 Å². The van der Waals surface area contributed by atoms with Crippen molar-refractivity contribution in [3.05, 3.63) is 64.6 Å². The van der Waals surface area contributed by atoms with Crippen molar-refractivity contribution in [1.29, 1.82) is 0 Å². The highest BCUT2D eigenvalue weighted by Gasteiger charge is 2.34. The summed E-state index contributed by atoms with van der Waals surface area (Å²) in [6.07, 6.45) is 1.67. The first-order chi connectivity index (χ1) is 10.6. The smallest absolute Gasteiger partial charge is 0.268 e. The van der Waals surface area contributed by atoms with Gasteiger partial charge in [-0.15, -0.1) is 0 Å². The molecular weight excluding hydrogens is 319 g/mol. The number of hydrogen-bond donors (Lipinski definition) is 0. The van der Waals surface area contributed by atoms with Gasteiger partial charge in [-0.3, -0.25) is 14.7 Å². The van der Waals surface area contributed by atoms with Crippen molar-refractivity contribution >= 4 is 46.0 Å². The normalized spacial score (nSPS) is 16.6. The van der Waals surface area contributed by atoms with Crippen LogP contribution in [0.4, 0.5) is 10.1 Å². The van der Waals surface area contributed by atoms with Crippen LogP contribution < -0.4 is 4.90 Å². The maximum Gasteiger partial charge on any atom is 0.270 e. The summed E-state index contributed by atoms with van der Waals surface area (Å²) in [6, 6.07) is 11.6. The van der Waals surface area contributed by atoms with Gasteiger partial charge >= 0.3 is 0 Å². The topological polar surface area (TPSA) is 33.2 Å². The number of pyridine rings is 1. The van der Waals surface area contributed by atoms with E-state index in [1.165, 1.54) is 17.0 Å². The van der Waals surface area contributed by atoms with Gasteiger partial charge in [-0.25, -0.2) is 4.39 Å². The van der Waals surface area contributed by atoms with Gasteiger partial charge in [-0.05, 0) is 37.3 Å². The molecule has 2 heterocycles. The minimum atomic E-state index is -0.478. The third kappa shape index (κ3) is 2.80. The van der Waals surface area contributed by atoms with Gasteiger partial charge in [0.2, 0.25) is 0 Å². The Kier molecular flexibility index (Phi) is 4.04. The molecule has 1 aliphatic heterocycles. The molecule has 1 aliphatic rings. The zero-order valence-electron chi connectivity index (χ0n) is 11.6. The highest BCUT2D eigenvalue weighted by molar-refractivity contribution is 8.27. The number of halogens is 1. The van der Waals surface area contributed by atoms with Gasteiger partial charge in [0.15, 0.2) is 4.32 Å². The lowest BCUT2D eigenvalue weighted by Gasteiger charge is -2.14. The maximum atomic E-state index is 13.9. The van der Waals surface area contributed by atoms with E-state index in [0.29, 0.717) is 14.9 Å². The minimum Gasteiger partial charge on any atom is -0.268 e. The van der Waals surface area contributed by atoms with Crippen molar-refractivity contribution < 1.29 is 9.18 Å². The second kappa shape index (κ2) is 5.98. The summed E-state index contributed by atoms with van der Waals surface area (Å²) in [7, 11) is 0. The van der Waals surface area contributed by atoms with E-state index in [4.69, 9.17) is 12.2 Å². The number of anilines is 1. The lowest BCUT2D eigenvalue weighted by atomic mass is 10.2. The number of rotatable bonds is 2. The standard InChI is InChI=1S/C16H11FN2OS2/c1-10-5-4-6-11(18-10)9-14-15(20)19(16(21)22-14)13-8-3-2-7-12(13)17/h2-9H,1H3/b14-9-. The first kappa shape index (κ1) is 14.9. The number of aromatic nitrogens is 1. The van der Waals surface area contributed by atoms with Gasteiger partial charge in [-0.1, -0.05) is 42.2 Å². The molecule has 1 fully saturated rings. The summed E-state index contributed by atoms with van der Waals surface area (Å²) < 4.78 is 14.2. The summed E-state index contributed by atoms with van der Waals surface area (Å²) in [5.41, 5.74) is 1.71. The first-order valence-electron chi connectivity index (χ1n) is 6.52. The molecule has 0 saturated carbocycles. The third-order valence-electron chi connectivity index (χ3n) is 3.08. The molecular formula is C16H11FN2OS2. The number of thioether (sulfide) groups is 1. The van der Waals surface area contributed by atoms with Crippen molar-refractivity contribution in [3.63, 3.8) is 0 Å². The lowest BCUT2D eigenvalue weighted by molar-refractivity contribution is -0.113. The highest BCUT2D eigenvalue weighted by Crippen LogP contribution is 2.36. The zero-order valence-corrected chi connectivity index (χ0v) is 13.2. The largest absolute Gasteiger partial charge is 0.270 e. The van der Waals surface area contributed by atoms with Gasteiger partial charge in [0, 0.05) is 5.69 Å². The van der Waals surface area contributed by atoms with Crippen LogP contribution in [0.5, 0.6) is 0 Å². The first-order valence-corrected chi connectivity index (χ1v) is 7.75. The van der Waals surface area contributed by atoms with E-state index >= 15 is 0 Å². The molecule has 3 rings (SSSR count). The summed E-state index contributed by atoms with van der Waals surface area (Å²) in [5, 5.41) is 0. The van der Waals surface area contributed by atoms with Crippen LogP contribution in [0.25, 0.3) is 6.08 Å². The summed E-state index contributed by atoms with van der Waals surface area (Å²) in [4.78, 5) is 18.5. The Morgan fingerprint density at radius 2 is 2.00 bits per heavy atom. The van der Waals surface area contributed by atoms with E-state index in [1.807, 2.05) is 25.1 Å². The molecule has 110 valence electrons. The number of carbonyl (C=O) groups is 1. The maximum absolute atomic E-state index is 13.9. The monoisotopic (exact) mass is 330 g/mol. The van der Waals surface area contributed by atoms with Crippen LogP contribution in [-0.4, -0.2) is 15.2 Å². The van der Waals surface area contributed by atoms with Crippen molar-refractivity contribution in [2.45, 2.75) is 6.92 Å². The number of aryl methyl sites for hydroxylation is 1. The molecule has 3 nitrogen and oxygen atoms in total. The fourth-order valence-electron chi connectivity index (χ4n) is 2.09. The second-order valence-electron chi connectivity index (χ2n) is 4.67. The Morgan fingerprint density at radius 3 is 2.73 bits per heavy atom. The number of amides is 1. The van der Waals surface area contributed by atoms with Gasteiger partial charge in [0.05, 0.1) is 16.3 Å². The van der Waals surface area contributed by atoms with Crippen molar-refractivity contribution in [2.24, 2.45) is 0 Å². The molecule has 0 unspecified atom stereocenters. The van der Waals surface area contributed by atoms with Gasteiger partial charge in [0.25, 0.3) is 5.91 Å². The Hall–Kier alpha value is -2.05. The quantitative estimate of drug-likeness (QED) is 0.617. The summed E-state index contributed by atoms with van der Waals surface area (Å²) in [6.45, 7) is 1.88. The number of carbonyl (C=O) groups excluding carboxylic acids is 1. The Morgan fingerprint density at radius 1 is 1.23 bits per heavy atom. The summed E-state index contributed by atoms with van der Waals surface area (Å²) >= 11 is 6.37. The summed E-state index contributed by atoms with van der Waals surface area (Å²) in [5.74, 6) is -0.808. The Balaban J connectivity index is 1.97. The SMILES string of the molecule is Cc1cccc(/C=C2\SC(=S)N(c3ccccc3F)C2=O)n1. The van der Waals surface area contributed by atoms with Crippen molar-refractivity contribution in [3.8, 4) is 0 Å². The van der Waals surface area contributed by atoms with Crippen LogP contribution in [-0.2, 0) is 4.79 Å². The molecule has 0 aliphatic carbocycles. The van der Waals surface area contributed by atoms with Gasteiger partial charge in [0.1, 0.15) is 5.82 Å². The van der Waals surface area contributed by atoms with E-state index in [2.05, 4.69) is 4.98 Å². The Bertz CT molecular complexity index is 804. The number of thiocarbonyl (C=S) groups is 1.